The molecule has 0 radical (unpaired) electrons. The van der Waals surface area contributed by atoms with Gasteiger partial charge in [-0.15, -0.1) is 15.0 Å². The van der Waals surface area contributed by atoms with Crippen LogP contribution < -0.4 is 15.8 Å². The molecule has 126 valence electrons. The topological polar surface area (TPSA) is 125 Å². The molecule has 0 unspecified atom stereocenters. The minimum atomic E-state index is -0.756. The Morgan fingerprint density at radius 1 is 1.08 bits per heavy atom. The van der Waals surface area contributed by atoms with E-state index in [0.717, 1.165) is 0 Å². The number of tetrazole rings is 1. The van der Waals surface area contributed by atoms with Crippen LogP contribution in [0, 0.1) is 0 Å². The summed E-state index contributed by atoms with van der Waals surface area (Å²) in [5.41, 5.74) is 6.23. The van der Waals surface area contributed by atoms with Crippen molar-refractivity contribution in [3.8, 4) is 11.4 Å². The number of ether oxygens (including phenoxy) is 1. The Morgan fingerprint density at radius 3 is 2.44 bits per heavy atom. The van der Waals surface area contributed by atoms with Crippen molar-refractivity contribution >= 4 is 17.5 Å². The predicted octanol–water partition coefficient (Wildman–Crippen LogP) is 0.779. The van der Waals surface area contributed by atoms with Gasteiger partial charge in [-0.05, 0) is 41.6 Å². The molecule has 0 atom stereocenters. The second kappa shape index (κ2) is 7.21. The van der Waals surface area contributed by atoms with Gasteiger partial charge in [0.25, 0.3) is 17.6 Å². The minimum absolute atomic E-state index is 0.0988. The smallest absolute Gasteiger partial charge is 0.290 e. The van der Waals surface area contributed by atoms with Crippen LogP contribution in [-0.2, 0) is 4.79 Å². The summed E-state index contributed by atoms with van der Waals surface area (Å²) in [5, 5.41) is 13.8. The first kappa shape index (κ1) is 16.1. The summed E-state index contributed by atoms with van der Waals surface area (Å²) >= 11 is 0. The lowest BCUT2D eigenvalue weighted by Crippen LogP contribution is -2.20. The molecule has 2 amide bonds. The number of anilines is 1. The van der Waals surface area contributed by atoms with E-state index in [1.165, 1.54) is 4.80 Å². The summed E-state index contributed by atoms with van der Waals surface area (Å²) < 4.78 is 5.37. The highest BCUT2D eigenvalue weighted by molar-refractivity contribution is 5.92. The molecule has 3 rings (SSSR count). The number of para-hydroxylation sites is 1. The van der Waals surface area contributed by atoms with Gasteiger partial charge in [-0.3, -0.25) is 9.59 Å². The summed E-state index contributed by atoms with van der Waals surface area (Å²) in [6.45, 7) is -0.0988. The van der Waals surface area contributed by atoms with Crippen LogP contribution in [0.2, 0.25) is 0 Å². The van der Waals surface area contributed by atoms with Crippen molar-refractivity contribution in [3.05, 3.63) is 60.4 Å². The second-order valence-electron chi connectivity index (χ2n) is 4.96. The number of rotatable bonds is 6. The summed E-state index contributed by atoms with van der Waals surface area (Å²) in [7, 11) is 0. The van der Waals surface area contributed by atoms with E-state index < -0.39 is 5.91 Å². The van der Waals surface area contributed by atoms with Gasteiger partial charge >= 0.3 is 0 Å². The number of primary amides is 1. The Morgan fingerprint density at radius 2 is 1.80 bits per heavy atom. The summed E-state index contributed by atoms with van der Waals surface area (Å²) in [4.78, 5) is 24.0. The highest BCUT2D eigenvalue weighted by Gasteiger charge is 2.10. The fourth-order valence-corrected chi connectivity index (χ4v) is 1.96. The molecule has 9 nitrogen and oxygen atoms in total. The average molecular weight is 338 g/mol. The van der Waals surface area contributed by atoms with Gasteiger partial charge in [-0.2, -0.15) is 0 Å². The lowest BCUT2D eigenvalue weighted by atomic mass is 10.3. The van der Waals surface area contributed by atoms with Crippen molar-refractivity contribution in [1.29, 1.82) is 0 Å². The van der Waals surface area contributed by atoms with Gasteiger partial charge in [0.2, 0.25) is 0 Å². The maximum Gasteiger partial charge on any atom is 0.290 e. The van der Waals surface area contributed by atoms with Crippen LogP contribution in [0.3, 0.4) is 0 Å². The van der Waals surface area contributed by atoms with Crippen LogP contribution in [0.4, 0.5) is 5.69 Å². The van der Waals surface area contributed by atoms with Crippen molar-refractivity contribution in [3.63, 3.8) is 0 Å². The number of carbonyl (C=O) groups excluding carboxylic acids is 2. The molecule has 0 aliphatic heterocycles. The summed E-state index contributed by atoms with van der Waals surface area (Å²) in [5.74, 6) is -0.592. The number of carbonyl (C=O) groups is 2. The lowest BCUT2D eigenvalue weighted by molar-refractivity contribution is -0.118. The Kier molecular flexibility index (Phi) is 4.65. The third kappa shape index (κ3) is 4.16. The molecule has 2 aromatic carbocycles. The van der Waals surface area contributed by atoms with Crippen LogP contribution in [0.25, 0.3) is 5.69 Å². The molecular formula is C16H14N6O3. The van der Waals surface area contributed by atoms with Crippen molar-refractivity contribution in [2.24, 2.45) is 5.73 Å². The van der Waals surface area contributed by atoms with Crippen LogP contribution in [0.5, 0.6) is 5.75 Å². The van der Waals surface area contributed by atoms with Gasteiger partial charge in [0.05, 0.1) is 5.69 Å². The first-order chi connectivity index (χ1) is 12.1. The molecule has 3 aromatic rings. The molecule has 0 bridgehead atoms. The minimum Gasteiger partial charge on any atom is -0.484 e. The van der Waals surface area contributed by atoms with Crippen LogP contribution >= 0.6 is 0 Å². The van der Waals surface area contributed by atoms with Gasteiger partial charge < -0.3 is 15.8 Å². The molecule has 1 aromatic heterocycles. The SMILES string of the molecule is NC(=O)c1nnn(-c2ccc(NC(=O)COc3ccccc3)cc2)n1. The van der Waals surface area contributed by atoms with Crippen molar-refractivity contribution in [2.75, 3.05) is 11.9 Å². The fourth-order valence-electron chi connectivity index (χ4n) is 1.96. The maximum absolute atomic E-state index is 11.9. The molecular weight excluding hydrogens is 324 g/mol. The highest BCUT2D eigenvalue weighted by Crippen LogP contribution is 2.12. The van der Waals surface area contributed by atoms with Crippen LogP contribution in [0.1, 0.15) is 10.6 Å². The largest absolute Gasteiger partial charge is 0.484 e. The van der Waals surface area contributed by atoms with Gasteiger partial charge in [-0.25, -0.2) is 0 Å². The summed E-state index contributed by atoms with van der Waals surface area (Å²) in [6, 6.07) is 15.7. The van der Waals surface area contributed by atoms with E-state index in [9.17, 15) is 9.59 Å². The molecule has 1 heterocycles. The molecule has 0 saturated carbocycles. The van der Waals surface area contributed by atoms with Gasteiger partial charge in [0, 0.05) is 5.69 Å². The van der Waals surface area contributed by atoms with E-state index in [-0.39, 0.29) is 18.3 Å². The molecule has 25 heavy (non-hydrogen) atoms. The molecule has 0 spiro atoms. The number of hydrogen-bond donors (Lipinski definition) is 2. The first-order valence-corrected chi connectivity index (χ1v) is 7.30. The quantitative estimate of drug-likeness (QED) is 0.684. The molecule has 3 N–H and O–H groups in total. The van der Waals surface area contributed by atoms with Crippen LogP contribution in [-0.4, -0.2) is 38.6 Å². The number of nitrogens with one attached hydrogen (secondary N) is 1. The Balaban J connectivity index is 1.58. The number of hydrogen-bond acceptors (Lipinski definition) is 6. The Bertz CT molecular complexity index is 876. The lowest BCUT2D eigenvalue weighted by Gasteiger charge is -2.08. The fraction of sp³-hybridized carbons (Fsp3) is 0.0625. The first-order valence-electron chi connectivity index (χ1n) is 7.30. The van der Waals surface area contributed by atoms with E-state index >= 15 is 0 Å². The van der Waals surface area contributed by atoms with E-state index in [4.69, 9.17) is 10.5 Å². The number of aromatic nitrogens is 4. The normalized spacial score (nSPS) is 10.2. The van der Waals surface area contributed by atoms with Gasteiger partial charge in [0.15, 0.2) is 6.61 Å². The van der Waals surface area contributed by atoms with Gasteiger partial charge in [0.1, 0.15) is 5.75 Å². The number of amides is 2. The molecule has 0 saturated heterocycles. The maximum atomic E-state index is 11.9. The molecule has 9 heteroatoms. The van der Waals surface area contributed by atoms with Crippen LogP contribution in [0.15, 0.2) is 54.6 Å². The van der Waals surface area contributed by atoms with E-state index in [0.29, 0.717) is 17.1 Å². The van der Waals surface area contributed by atoms with Crippen molar-refractivity contribution in [2.45, 2.75) is 0 Å². The predicted molar refractivity (Wildman–Crippen MR) is 88.2 cm³/mol. The van der Waals surface area contributed by atoms with E-state index in [1.807, 2.05) is 18.2 Å². The zero-order chi connectivity index (χ0) is 17.6. The standard InChI is InChI=1S/C16H14N6O3/c17-15(24)16-19-21-22(20-16)12-8-6-11(7-9-12)18-14(23)10-25-13-4-2-1-3-5-13/h1-9H,10H2,(H2,17,24)(H,18,23). The van der Waals surface area contributed by atoms with Crippen molar-refractivity contribution in [1.82, 2.24) is 20.2 Å². The van der Waals surface area contributed by atoms with E-state index in [1.54, 1.807) is 36.4 Å². The number of nitrogens with two attached hydrogens (primary N) is 1. The summed E-state index contributed by atoms with van der Waals surface area (Å²) in [6.07, 6.45) is 0. The monoisotopic (exact) mass is 338 g/mol. The average Bonchev–Trinajstić information content (AvgIpc) is 3.12. The number of benzene rings is 2. The Labute approximate surface area is 142 Å². The molecule has 0 aliphatic carbocycles. The zero-order valence-corrected chi connectivity index (χ0v) is 13.0. The third-order valence-electron chi connectivity index (χ3n) is 3.13. The zero-order valence-electron chi connectivity index (χ0n) is 13.0. The molecule has 0 fully saturated rings. The van der Waals surface area contributed by atoms with Crippen molar-refractivity contribution < 1.29 is 14.3 Å². The van der Waals surface area contributed by atoms with Gasteiger partial charge in [-0.1, -0.05) is 18.2 Å². The van der Waals surface area contributed by atoms with E-state index in [2.05, 4.69) is 20.7 Å². The molecule has 0 aliphatic rings. The third-order valence-corrected chi connectivity index (χ3v) is 3.13. The Hall–Kier alpha value is -3.75. The highest BCUT2D eigenvalue weighted by atomic mass is 16.5. The second-order valence-corrected chi connectivity index (χ2v) is 4.96. The number of nitrogens with zero attached hydrogens (tertiary/aromatic N) is 4.